The van der Waals surface area contributed by atoms with Gasteiger partial charge in [0.2, 0.25) is 0 Å². The molecule has 3 heterocycles. The number of rotatable bonds is 5. The molecule has 2 aromatic heterocycles. The standard InChI is InChI=1S/C22H21F6N5O2/c1-11(12-4-3-5-13(17(12)23)18(24)25)30-19-15-9-33(21(22(26,27)28)6-7-29-10-21)16(34)8-14(15)20(35)32(2)31-19/h3-5,8-9,11,18,29H,6-7,10H2,1-2H3,(H,30,31)/t11-,21+/m1/s1. The summed E-state index contributed by atoms with van der Waals surface area (Å²) in [4.78, 5) is 25.4. The molecular weight excluding hydrogens is 480 g/mol. The van der Waals surface area contributed by atoms with E-state index >= 15 is 0 Å². The van der Waals surface area contributed by atoms with Crippen molar-refractivity contribution in [3.63, 3.8) is 0 Å². The molecule has 1 saturated heterocycles. The van der Waals surface area contributed by atoms with Crippen LogP contribution in [0.25, 0.3) is 10.8 Å². The molecule has 188 valence electrons. The van der Waals surface area contributed by atoms with Crippen LogP contribution in [0.3, 0.4) is 0 Å². The molecule has 0 bridgehead atoms. The first-order valence-corrected chi connectivity index (χ1v) is 10.6. The molecule has 4 rings (SSSR count). The van der Waals surface area contributed by atoms with Crippen LogP contribution >= 0.6 is 0 Å². The summed E-state index contributed by atoms with van der Waals surface area (Å²) in [5, 5.41) is 9.18. The van der Waals surface area contributed by atoms with Crippen molar-refractivity contribution >= 4 is 16.6 Å². The third kappa shape index (κ3) is 4.07. The zero-order valence-corrected chi connectivity index (χ0v) is 18.6. The van der Waals surface area contributed by atoms with Crippen molar-refractivity contribution in [2.75, 3.05) is 18.4 Å². The molecular formula is C22H21F6N5O2. The molecule has 0 aliphatic carbocycles. The zero-order valence-electron chi connectivity index (χ0n) is 18.6. The van der Waals surface area contributed by atoms with Crippen LogP contribution in [0.4, 0.5) is 32.2 Å². The highest BCUT2D eigenvalue weighted by molar-refractivity contribution is 5.90. The van der Waals surface area contributed by atoms with Crippen LogP contribution in [-0.4, -0.2) is 33.6 Å². The summed E-state index contributed by atoms with van der Waals surface area (Å²) in [5.74, 6) is -1.25. The van der Waals surface area contributed by atoms with Gasteiger partial charge in [-0.3, -0.25) is 14.2 Å². The lowest BCUT2D eigenvalue weighted by molar-refractivity contribution is -0.209. The second kappa shape index (κ2) is 8.70. The first-order chi connectivity index (χ1) is 16.4. The molecule has 0 saturated carbocycles. The first-order valence-electron chi connectivity index (χ1n) is 10.6. The number of fused-ring (bicyclic) bond motifs is 1. The molecule has 35 heavy (non-hydrogen) atoms. The monoisotopic (exact) mass is 501 g/mol. The Bertz CT molecular complexity index is 1390. The van der Waals surface area contributed by atoms with E-state index in [9.17, 15) is 35.9 Å². The number of aromatic nitrogens is 3. The van der Waals surface area contributed by atoms with Gasteiger partial charge in [-0.25, -0.2) is 17.9 Å². The van der Waals surface area contributed by atoms with Gasteiger partial charge in [-0.05, 0) is 19.9 Å². The Hall–Kier alpha value is -3.35. The number of benzene rings is 1. The smallest absolute Gasteiger partial charge is 0.361 e. The number of hydrogen-bond donors (Lipinski definition) is 2. The Labute approximate surface area is 194 Å². The lowest BCUT2D eigenvalue weighted by Crippen LogP contribution is -2.53. The van der Waals surface area contributed by atoms with Crippen LogP contribution in [0.15, 0.2) is 40.1 Å². The van der Waals surface area contributed by atoms with Crippen molar-refractivity contribution in [2.24, 2.45) is 7.05 Å². The summed E-state index contributed by atoms with van der Waals surface area (Å²) in [5.41, 5.74) is -5.20. The number of aryl methyl sites for hydroxylation is 1. The molecule has 1 aliphatic rings. The summed E-state index contributed by atoms with van der Waals surface area (Å²) in [6.45, 7) is 0.937. The summed E-state index contributed by atoms with van der Waals surface area (Å²) < 4.78 is 84.7. The van der Waals surface area contributed by atoms with Crippen molar-refractivity contribution < 1.29 is 26.3 Å². The van der Waals surface area contributed by atoms with E-state index < -0.39 is 59.6 Å². The normalized spacial score (nSPS) is 19.5. The fourth-order valence-corrected chi connectivity index (χ4v) is 4.38. The van der Waals surface area contributed by atoms with E-state index in [0.717, 1.165) is 23.0 Å². The van der Waals surface area contributed by atoms with Crippen LogP contribution in [-0.2, 0) is 12.6 Å². The highest BCUT2D eigenvalue weighted by Gasteiger charge is 2.58. The number of hydrogen-bond acceptors (Lipinski definition) is 5. The maximum Gasteiger partial charge on any atom is 0.413 e. The molecule has 0 radical (unpaired) electrons. The minimum atomic E-state index is -4.78. The van der Waals surface area contributed by atoms with E-state index in [1.807, 2.05) is 0 Å². The van der Waals surface area contributed by atoms with Crippen LogP contribution < -0.4 is 21.8 Å². The highest BCUT2D eigenvalue weighted by Crippen LogP contribution is 2.41. The number of halogens is 6. The molecule has 0 amide bonds. The average Bonchev–Trinajstić information content (AvgIpc) is 3.28. The third-order valence-electron chi connectivity index (χ3n) is 6.32. The Balaban J connectivity index is 1.89. The van der Waals surface area contributed by atoms with E-state index in [2.05, 4.69) is 15.7 Å². The topological polar surface area (TPSA) is 81.0 Å². The van der Waals surface area contributed by atoms with Crippen LogP contribution in [0.2, 0.25) is 0 Å². The van der Waals surface area contributed by atoms with Crippen LogP contribution in [0, 0.1) is 5.82 Å². The molecule has 0 unspecified atom stereocenters. The third-order valence-corrected chi connectivity index (χ3v) is 6.32. The van der Waals surface area contributed by atoms with E-state index in [1.165, 1.54) is 26.1 Å². The maximum absolute atomic E-state index is 14.7. The van der Waals surface area contributed by atoms with Gasteiger partial charge in [-0.15, -0.1) is 0 Å². The summed E-state index contributed by atoms with van der Waals surface area (Å²) in [7, 11) is 1.28. The predicted molar refractivity (Wildman–Crippen MR) is 116 cm³/mol. The maximum atomic E-state index is 14.7. The Morgan fingerprint density at radius 3 is 2.46 bits per heavy atom. The molecule has 7 nitrogen and oxygen atoms in total. The molecule has 13 heteroatoms. The molecule has 1 fully saturated rings. The van der Waals surface area contributed by atoms with Gasteiger partial charge in [-0.1, -0.05) is 18.2 Å². The van der Waals surface area contributed by atoms with Crippen molar-refractivity contribution in [1.82, 2.24) is 19.7 Å². The Morgan fingerprint density at radius 2 is 1.86 bits per heavy atom. The lowest BCUT2D eigenvalue weighted by atomic mass is 9.96. The number of nitrogens with zero attached hydrogens (tertiary/aromatic N) is 3. The minimum Gasteiger partial charge on any atom is -0.361 e. The average molecular weight is 501 g/mol. The van der Waals surface area contributed by atoms with Crippen LogP contribution in [0.1, 0.15) is 36.9 Å². The Morgan fingerprint density at radius 1 is 1.17 bits per heavy atom. The zero-order chi connectivity index (χ0) is 25.7. The number of alkyl halides is 5. The number of nitrogens with one attached hydrogen (secondary N) is 2. The van der Waals surface area contributed by atoms with Crippen molar-refractivity contribution in [3.05, 3.63) is 68.1 Å². The van der Waals surface area contributed by atoms with Gasteiger partial charge >= 0.3 is 6.18 Å². The summed E-state index contributed by atoms with van der Waals surface area (Å²) in [6, 6.07) is 3.33. The van der Waals surface area contributed by atoms with Gasteiger partial charge < -0.3 is 10.6 Å². The summed E-state index contributed by atoms with van der Waals surface area (Å²) >= 11 is 0. The number of anilines is 1. The Kier molecular flexibility index (Phi) is 6.16. The minimum absolute atomic E-state index is 0.0285. The second-order valence-corrected chi connectivity index (χ2v) is 8.46. The second-order valence-electron chi connectivity index (χ2n) is 8.46. The lowest BCUT2D eigenvalue weighted by Gasteiger charge is -2.33. The van der Waals surface area contributed by atoms with Gasteiger partial charge in [0.05, 0.1) is 17.0 Å². The van der Waals surface area contributed by atoms with Crippen molar-refractivity contribution in [3.8, 4) is 0 Å². The van der Waals surface area contributed by atoms with Gasteiger partial charge in [-0.2, -0.15) is 18.3 Å². The SMILES string of the molecule is C[C@@H](Nc1nn(C)c(=O)c2cc(=O)n([C@@]3(C(F)(F)F)CCNC3)cc12)c1cccc(C(F)F)c1F. The van der Waals surface area contributed by atoms with E-state index in [0.29, 0.717) is 4.57 Å². The molecule has 1 aromatic carbocycles. The highest BCUT2D eigenvalue weighted by atomic mass is 19.4. The van der Waals surface area contributed by atoms with E-state index in [-0.39, 0.29) is 28.7 Å². The molecule has 0 spiro atoms. The largest absolute Gasteiger partial charge is 0.413 e. The van der Waals surface area contributed by atoms with Crippen molar-refractivity contribution in [1.29, 1.82) is 0 Å². The quantitative estimate of drug-likeness (QED) is 0.523. The van der Waals surface area contributed by atoms with Gasteiger partial charge in [0, 0.05) is 36.8 Å². The first kappa shape index (κ1) is 24.8. The van der Waals surface area contributed by atoms with Gasteiger partial charge in [0.15, 0.2) is 11.4 Å². The summed E-state index contributed by atoms with van der Waals surface area (Å²) in [6.07, 6.45) is -7.30. The molecule has 3 aromatic rings. The van der Waals surface area contributed by atoms with Crippen molar-refractivity contribution in [2.45, 2.75) is 37.5 Å². The predicted octanol–water partition coefficient (Wildman–Crippen LogP) is 3.60. The van der Waals surface area contributed by atoms with E-state index in [1.54, 1.807) is 0 Å². The molecule has 2 N–H and O–H groups in total. The van der Waals surface area contributed by atoms with Gasteiger partial charge in [0.1, 0.15) is 5.82 Å². The fraction of sp³-hybridized carbons (Fsp3) is 0.409. The molecule has 1 aliphatic heterocycles. The molecule has 2 atom stereocenters. The van der Waals surface area contributed by atoms with E-state index in [4.69, 9.17) is 0 Å². The van der Waals surface area contributed by atoms with Gasteiger partial charge in [0.25, 0.3) is 17.5 Å². The fourth-order valence-electron chi connectivity index (χ4n) is 4.38. The number of pyridine rings is 1. The van der Waals surface area contributed by atoms with Crippen LogP contribution in [0.5, 0.6) is 0 Å².